The second-order valence-corrected chi connectivity index (χ2v) is 3.16. The lowest BCUT2D eigenvalue weighted by molar-refractivity contribution is 0.261. The zero-order valence-corrected chi connectivity index (χ0v) is 7.87. The fourth-order valence-corrected chi connectivity index (χ4v) is 1.21. The zero-order valence-electron chi connectivity index (χ0n) is 7.87. The molecule has 0 aliphatic rings. The van der Waals surface area contributed by atoms with Gasteiger partial charge in [0.2, 0.25) is 0 Å². The minimum Gasteiger partial charge on any atom is -0.465 e. The monoisotopic (exact) mass is 168 g/mol. The molecule has 12 heavy (non-hydrogen) atoms. The molecule has 3 nitrogen and oxygen atoms in total. The van der Waals surface area contributed by atoms with Gasteiger partial charge in [0, 0.05) is 6.54 Å². The third kappa shape index (κ3) is 1.87. The van der Waals surface area contributed by atoms with Crippen molar-refractivity contribution in [2.45, 2.75) is 13.0 Å². The van der Waals surface area contributed by atoms with E-state index in [0.717, 1.165) is 11.5 Å². The Kier molecular flexibility index (Phi) is 2.89. The Balaban J connectivity index is 2.80. The largest absolute Gasteiger partial charge is 0.465 e. The van der Waals surface area contributed by atoms with E-state index in [1.165, 1.54) is 0 Å². The summed E-state index contributed by atoms with van der Waals surface area (Å²) in [6.07, 6.45) is 0. The maximum absolute atomic E-state index is 5.61. The minimum atomic E-state index is 0.193. The van der Waals surface area contributed by atoms with Crippen LogP contribution in [0, 0.1) is 6.92 Å². The van der Waals surface area contributed by atoms with Crippen molar-refractivity contribution in [3.05, 3.63) is 23.7 Å². The molecule has 0 radical (unpaired) electrons. The fourth-order valence-electron chi connectivity index (χ4n) is 1.21. The summed E-state index contributed by atoms with van der Waals surface area (Å²) in [5.41, 5.74) is 5.61. The van der Waals surface area contributed by atoms with Gasteiger partial charge in [0.25, 0.3) is 0 Å². The Morgan fingerprint density at radius 3 is 2.50 bits per heavy atom. The van der Waals surface area contributed by atoms with E-state index < -0.39 is 0 Å². The van der Waals surface area contributed by atoms with Gasteiger partial charge in [0.15, 0.2) is 0 Å². The molecule has 1 atom stereocenters. The summed E-state index contributed by atoms with van der Waals surface area (Å²) in [4.78, 5) is 2.05. The highest BCUT2D eigenvalue weighted by molar-refractivity contribution is 5.09. The molecule has 0 unspecified atom stereocenters. The predicted octanol–water partition coefficient (Wildman–Crippen LogP) is 1.15. The van der Waals surface area contributed by atoms with Crippen molar-refractivity contribution in [3.63, 3.8) is 0 Å². The molecule has 1 rings (SSSR count). The van der Waals surface area contributed by atoms with Gasteiger partial charge < -0.3 is 10.2 Å². The van der Waals surface area contributed by atoms with E-state index in [2.05, 4.69) is 4.90 Å². The van der Waals surface area contributed by atoms with Gasteiger partial charge in [-0.05, 0) is 33.2 Å². The van der Waals surface area contributed by atoms with E-state index in [4.69, 9.17) is 10.2 Å². The van der Waals surface area contributed by atoms with Crippen molar-refractivity contribution >= 4 is 0 Å². The summed E-state index contributed by atoms with van der Waals surface area (Å²) >= 11 is 0. The Morgan fingerprint density at radius 2 is 2.17 bits per heavy atom. The van der Waals surface area contributed by atoms with Crippen molar-refractivity contribution in [1.29, 1.82) is 0 Å². The Morgan fingerprint density at radius 1 is 1.50 bits per heavy atom. The van der Waals surface area contributed by atoms with Gasteiger partial charge >= 0.3 is 0 Å². The van der Waals surface area contributed by atoms with Crippen LogP contribution in [0.5, 0.6) is 0 Å². The molecule has 0 fully saturated rings. The van der Waals surface area contributed by atoms with Crippen molar-refractivity contribution in [3.8, 4) is 0 Å². The van der Waals surface area contributed by atoms with E-state index >= 15 is 0 Å². The number of aryl methyl sites for hydroxylation is 1. The first-order valence-electron chi connectivity index (χ1n) is 4.08. The molecule has 1 heterocycles. The predicted molar refractivity (Wildman–Crippen MR) is 48.9 cm³/mol. The summed E-state index contributed by atoms with van der Waals surface area (Å²) in [6.45, 7) is 2.52. The average Bonchev–Trinajstić information content (AvgIpc) is 2.37. The Labute approximate surface area is 73.2 Å². The molecular formula is C9H16N2O. The standard InChI is InChI=1S/C9H16N2O/c1-7-4-5-9(12-7)8(6-10)11(2)3/h4-5,8H,6,10H2,1-3H3/t8-/m1/s1. The molecule has 3 heteroatoms. The second-order valence-electron chi connectivity index (χ2n) is 3.16. The molecule has 1 aromatic rings. The maximum Gasteiger partial charge on any atom is 0.122 e. The first-order chi connectivity index (χ1) is 5.65. The third-order valence-corrected chi connectivity index (χ3v) is 1.94. The topological polar surface area (TPSA) is 42.4 Å². The molecule has 2 N–H and O–H groups in total. The number of nitrogens with two attached hydrogens (primary N) is 1. The van der Waals surface area contributed by atoms with Gasteiger partial charge in [-0.25, -0.2) is 0 Å². The number of nitrogens with zero attached hydrogens (tertiary/aromatic N) is 1. The summed E-state index contributed by atoms with van der Waals surface area (Å²) in [5, 5.41) is 0. The van der Waals surface area contributed by atoms with E-state index in [9.17, 15) is 0 Å². The molecular weight excluding hydrogens is 152 g/mol. The Bertz CT molecular complexity index is 242. The molecule has 0 aliphatic heterocycles. The molecule has 0 bridgehead atoms. The van der Waals surface area contributed by atoms with E-state index in [-0.39, 0.29) is 6.04 Å². The molecule has 0 amide bonds. The van der Waals surface area contributed by atoms with Gasteiger partial charge in [-0.2, -0.15) is 0 Å². The highest BCUT2D eigenvalue weighted by atomic mass is 16.3. The second kappa shape index (κ2) is 3.74. The van der Waals surface area contributed by atoms with Gasteiger partial charge in [0.05, 0.1) is 6.04 Å². The van der Waals surface area contributed by atoms with Gasteiger partial charge in [-0.1, -0.05) is 0 Å². The van der Waals surface area contributed by atoms with Crippen LogP contribution in [0.4, 0.5) is 0 Å². The molecule has 68 valence electrons. The van der Waals surface area contributed by atoms with Gasteiger partial charge in [-0.3, -0.25) is 4.90 Å². The van der Waals surface area contributed by atoms with Gasteiger partial charge in [-0.15, -0.1) is 0 Å². The third-order valence-electron chi connectivity index (χ3n) is 1.94. The molecule has 0 saturated heterocycles. The van der Waals surface area contributed by atoms with Crippen LogP contribution in [0.25, 0.3) is 0 Å². The van der Waals surface area contributed by atoms with Crippen molar-refractivity contribution in [1.82, 2.24) is 4.90 Å². The minimum absolute atomic E-state index is 0.193. The van der Waals surface area contributed by atoms with Crippen LogP contribution in [-0.2, 0) is 0 Å². The summed E-state index contributed by atoms with van der Waals surface area (Å²) in [6, 6.07) is 4.13. The number of furan rings is 1. The van der Waals surface area contributed by atoms with Crippen LogP contribution in [0.2, 0.25) is 0 Å². The summed E-state index contributed by atoms with van der Waals surface area (Å²) in [7, 11) is 3.99. The number of rotatable bonds is 3. The van der Waals surface area contributed by atoms with Crippen molar-refractivity contribution in [2.24, 2.45) is 5.73 Å². The Hall–Kier alpha value is -0.800. The smallest absolute Gasteiger partial charge is 0.122 e. The normalized spacial score (nSPS) is 13.8. The molecule has 0 aliphatic carbocycles. The number of hydrogen-bond acceptors (Lipinski definition) is 3. The lowest BCUT2D eigenvalue weighted by Crippen LogP contribution is -2.26. The summed E-state index contributed by atoms with van der Waals surface area (Å²) in [5.74, 6) is 1.88. The fraction of sp³-hybridized carbons (Fsp3) is 0.556. The van der Waals surface area contributed by atoms with Crippen LogP contribution in [0.1, 0.15) is 17.6 Å². The van der Waals surface area contributed by atoms with Crippen LogP contribution in [0.15, 0.2) is 16.5 Å². The van der Waals surface area contributed by atoms with Crippen molar-refractivity contribution in [2.75, 3.05) is 20.6 Å². The number of likely N-dealkylation sites (N-methyl/N-ethyl adjacent to an activating group) is 1. The average molecular weight is 168 g/mol. The number of hydrogen-bond donors (Lipinski definition) is 1. The molecule has 1 aromatic heterocycles. The molecule has 0 saturated carbocycles. The first-order valence-corrected chi connectivity index (χ1v) is 4.08. The van der Waals surface area contributed by atoms with Crippen molar-refractivity contribution < 1.29 is 4.42 Å². The zero-order chi connectivity index (χ0) is 9.14. The SMILES string of the molecule is Cc1ccc([C@@H](CN)N(C)C)o1. The van der Waals surface area contributed by atoms with E-state index in [1.54, 1.807) is 0 Å². The van der Waals surface area contributed by atoms with Crippen LogP contribution in [0.3, 0.4) is 0 Å². The lowest BCUT2D eigenvalue weighted by Gasteiger charge is -2.19. The maximum atomic E-state index is 5.61. The van der Waals surface area contributed by atoms with Crippen LogP contribution in [-0.4, -0.2) is 25.5 Å². The molecule has 0 aromatic carbocycles. The van der Waals surface area contributed by atoms with Crippen LogP contribution < -0.4 is 5.73 Å². The highest BCUT2D eigenvalue weighted by Gasteiger charge is 2.14. The van der Waals surface area contributed by atoms with Gasteiger partial charge in [0.1, 0.15) is 11.5 Å². The lowest BCUT2D eigenvalue weighted by atomic mass is 10.2. The quantitative estimate of drug-likeness (QED) is 0.736. The molecule has 0 spiro atoms. The first kappa shape index (κ1) is 9.29. The summed E-state index contributed by atoms with van der Waals surface area (Å²) < 4.78 is 5.48. The van der Waals surface area contributed by atoms with E-state index in [1.807, 2.05) is 33.2 Å². The van der Waals surface area contributed by atoms with Crippen LogP contribution >= 0.6 is 0 Å². The van der Waals surface area contributed by atoms with E-state index in [0.29, 0.717) is 6.54 Å². The highest BCUT2D eigenvalue weighted by Crippen LogP contribution is 2.18.